The summed E-state index contributed by atoms with van der Waals surface area (Å²) in [7, 11) is 0. The molecule has 0 radical (unpaired) electrons. The Bertz CT molecular complexity index is 646. The van der Waals surface area contributed by atoms with E-state index in [1.165, 1.54) is 17.8 Å². The summed E-state index contributed by atoms with van der Waals surface area (Å²) in [4.78, 5) is 18.6. The van der Waals surface area contributed by atoms with Crippen LogP contribution in [0.5, 0.6) is 0 Å². The van der Waals surface area contributed by atoms with E-state index in [9.17, 15) is 10.1 Å². The molecule has 0 aliphatic heterocycles. The topological polar surface area (TPSA) is 69.5 Å². The minimum atomic E-state index is -0.514. The number of hydrogen-bond acceptors (Lipinski definition) is 4. The van der Waals surface area contributed by atoms with Gasteiger partial charge in [-0.1, -0.05) is 49.0 Å². The summed E-state index contributed by atoms with van der Waals surface area (Å²) in [5, 5.41) is 9.89. The number of nitrogens with one attached hydrogen (secondary N) is 1. The number of aromatic amines is 1. The first-order chi connectivity index (χ1) is 9.24. The summed E-state index contributed by atoms with van der Waals surface area (Å²) in [6.07, 6.45) is 0. The van der Waals surface area contributed by atoms with Crippen molar-refractivity contribution in [3.05, 3.63) is 58.0 Å². The van der Waals surface area contributed by atoms with Gasteiger partial charge in [0.1, 0.15) is 5.92 Å². The zero-order valence-corrected chi connectivity index (χ0v) is 11.3. The van der Waals surface area contributed by atoms with Crippen LogP contribution in [0.2, 0.25) is 0 Å². The van der Waals surface area contributed by atoms with E-state index >= 15 is 0 Å². The molecule has 4 nitrogen and oxygen atoms in total. The first kappa shape index (κ1) is 13.4. The fourth-order valence-corrected chi connectivity index (χ4v) is 2.38. The van der Waals surface area contributed by atoms with Crippen LogP contribution in [0.4, 0.5) is 0 Å². The molecule has 1 heterocycles. The van der Waals surface area contributed by atoms with E-state index < -0.39 is 5.92 Å². The van der Waals surface area contributed by atoms with Crippen molar-refractivity contribution in [3.8, 4) is 6.07 Å². The summed E-state index contributed by atoms with van der Waals surface area (Å²) in [5.41, 5.74) is 1.11. The largest absolute Gasteiger partial charge is 0.301 e. The number of thioether (sulfide) groups is 1. The molecule has 0 saturated carbocycles. The number of H-pyrrole nitrogens is 1. The normalized spacial score (nSPS) is 11.8. The quantitative estimate of drug-likeness (QED) is 0.685. The van der Waals surface area contributed by atoms with Crippen LogP contribution in [-0.2, 0) is 0 Å². The van der Waals surface area contributed by atoms with Gasteiger partial charge in [-0.05, 0) is 11.3 Å². The molecule has 0 fully saturated rings. The minimum Gasteiger partial charge on any atom is -0.301 e. The number of nitriles is 1. The second kappa shape index (κ2) is 6.21. The molecule has 2 aromatic rings. The van der Waals surface area contributed by atoms with E-state index in [1.54, 1.807) is 0 Å². The SMILES string of the molecule is CCSc1nc(C(C#N)c2ccccc2)cc(=O)[nH]1. The zero-order valence-electron chi connectivity index (χ0n) is 10.5. The lowest BCUT2D eigenvalue weighted by atomic mass is 9.97. The monoisotopic (exact) mass is 271 g/mol. The third kappa shape index (κ3) is 3.24. The van der Waals surface area contributed by atoms with Gasteiger partial charge in [0.2, 0.25) is 0 Å². The Kier molecular flexibility index (Phi) is 4.37. The predicted octanol–water partition coefficient (Wildman–Crippen LogP) is 2.54. The maximum absolute atomic E-state index is 11.6. The molecule has 0 spiro atoms. The molecule has 1 aromatic carbocycles. The lowest BCUT2D eigenvalue weighted by Gasteiger charge is -2.09. The second-order valence-electron chi connectivity index (χ2n) is 3.88. The Morgan fingerprint density at radius 1 is 1.42 bits per heavy atom. The van der Waals surface area contributed by atoms with Crippen molar-refractivity contribution in [2.24, 2.45) is 0 Å². The van der Waals surface area contributed by atoms with E-state index in [4.69, 9.17) is 0 Å². The van der Waals surface area contributed by atoms with Crippen molar-refractivity contribution >= 4 is 11.8 Å². The maximum Gasteiger partial charge on any atom is 0.251 e. The van der Waals surface area contributed by atoms with Crippen molar-refractivity contribution in [1.29, 1.82) is 5.26 Å². The Labute approximate surface area is 115 Å². The van der Waals surface area contributed by atoms with Crippen LogP contribution in [0, 0.1) is 11.3 Å². The predicted molar refractivity (Wildman–Crippen MR) is 75.2 cm³/mol. The van der Waals surface area contributed by atoms with E-state index in [0.717, 1.165) is 11.3 Å². The molecule has 0 aliphatic carbocycles. The maximum atomic E-state index is 11.6. The van der Waals surface area contributed by atoms with Gasteiger partial charge >= 0.3 is 0 Å². The minimum absolute atomic E-state index is 0.225. The van der Waals surface area contributed by atoms with Gasteiger partial charge in [0.15, 0.2) is 5.16 Å². The smallest absolute Gasteiger partial charge is 0.251 e. The van der Waals surface area contributed by atoms with Crippen LogP contribution < -0.4 is 5.56 Å². The van der Waals surface area contributed by atoms with Gasteiger partial charge in [0.25, 0.3) is 5.56 Å². The first-order valence-electron chi connectivity index (χ1n) is 5.93. The molecule has 0 saturated heterocycles. The van der Waals surface area contributed by atoms with Gasteiger partial charge in [0, 0.05) is 6.07 Å². The zero-order chi connectivity index (χ0) is 13.7. The molecule has 5 heteroatoms. The number of hydrogen-bond donors (Lipinski definition) is 1. The van der Waals surface area contributed by atoms with E-state index in [2.05, 4.69) is 16.0 Å². The lowest BCUT2D eigenvalue weighted by molar-refractivity contribution is 0.847. The van der Waals surface area contributed by atoms with Crippen molar-refractivity contribution in [1.82, 2.24) is 9.97 Å². The van der Waals surface area contributed by atoms with Crippen LogP contribution in [0.25, 0.3) is 0 Å². The molecule has 0 bridgehead atoms. The molecule has 96 valence electrons. The van der Waals surface area contributed by atoms with Crippen LogP contribution in [0.1, 0.15) is 24.1 Å². The molecule has 1 N–H and O–H groups in total. The van der Waals surface area contributed by atoms with E-state index in [1.807, 2.05) is 37.3 Å². The van der Waals surface area contributed by atoms with Crippen molar-refractivity contribution in [2.75, 3.05) is 5.75 Å². The summed E-state index contributed by atoms with van der Waals surface area (Å²) in [6, 6.07) is 13.0. The second-order valence-corrected chi connectivity index (χ2v) is 5.13. The third-order valence-corrected chi connectivity index (χ3v) is 3.33. The van der Waals surface area contributed by atoms with Crippen molar-refractivity contribution < 1.29 is 0 Å². The van der Waals surface area contributed by atoms with Crippen LogP contribution in [-0.4, -0.2) is 15.7 Å². The van der Waals surface area contributed by atoms with Gasteiger partial charge in [-0.2, -0.15) is 5.26 Å². The van der Waals surface area contributed by atoms with Gasteiger partial charge in [-0.25, -0.2) is 4.98 Å². The van der Waals surface area contributed by atoms with E-state index in [0.29, 0.717) is 10.9 Å². The molecular formula is C14H13N3OS. The standard InChI is InChI=1S/C14H13N3OS/c1-2-19-14-16-12(8-13(18)17-14)11(9-15)10-6-4-3-5-7-10/h3-8,11H,2H2,1H3,(H,16,17,18). The highest BCUT2D eigenvalue weighted by Gasteiger charge is 2.16. The number of rotatable bonds is 4. The Morgan fingerprint density at radius 3 is 2.79 bits per heavy atom. The summed E-state index contributed by atoms with van der Waals surface area (Å²) in [6.45, 7) is 1.98. The summed E-state index contributed by atoms with van der Waals surface area (Å²) < 4.78 is 0. The number of nitrogens with zero attached hydrogens (tertiary/aromatic N) is 2. The molecule has 0 amide bonds. The van der Waals surface area contributed by atoms with Crippen molar-refractivity contribution in [2.45, 2.75) is 18.0 Å². The number of benzene rings is 1. The first-order valence-corrected chi connectivity index (χ1v) is 6.91. The molecule has 19 heavy (non-hydrogen) atoms. The molecule has 2 rings (SSSR count). The molecular weight excluding hydrogens is 258 g/mol. The van der Waals surface area contributed by atoms with Crippen LogP contribution >= 0.6 is 11.8 Å². The Balaban J connectivity index is 2.45. The van der Waals surface area contributed by atoms with Crippen molar-refractivity contribution in [3.63, 3.8) is 0 Å². The van der Waals surface area contributed by atoms with Gasteiger partial charge in [-0.15, -0.1) is 0 Å². The average molecular weight is 271 g/mol. The highest BCUT2D eigenvalue weighted by molar-refractivity contribution is 7.99. The Hall–Kier alpha value is -2.06. The molecule has 1 atom stereocenters. The lowest BCUT2D eigenvalue weighted by Crippen LogP contribution is -2.13. The Morgan fingerprint density at radius 2 is 2.16 bits per heavy atom. The molecule has 0 aliphatic rings. The van der Waals surface area contributed by atoms with Gasteiger partial charge < -0.3 is 4.98 Å². The fourth-order valence-electron chi connectivity index (χ4n) is 1.76. The van der Waals surface area contributed by atoms with Crippen LogP contribution in [0.3, 0.4) is 0 Å². The highest BCUT2D eigenvalue weighted by atomic mass is 32.2. The van der Waals surface area contributed by atoms with Gasteiger partial charge in [-0.3, -0.25) is 4.79 Å². The highest BCUT2D eigenvalue weighted by Crippen LogP contribution is 2.22. The average Bonchev–Trinajstić information content (AvgIpc) is 2.40. The molecule has 1 aromatic heterocycles. The van der Waals surface area contributed by atoms with Gasteiger partial charge in [0.05, 0.1) is 11.8 Å². The van der Waals surface area contributed by atoms with Crippen LogP contribution in [0.15, 0.2) is 46.3 Å². The summed E-state index contributed by atoms with van der Waals surface area (Å²) in [5.74, 6) is 0.300. The third-order valence-electron chi connectivity index (χ3n) is 2.58. The molecule has 1 unspecified atom stereocenters. The fraction of sp³-hybridized carbons (Fsp3) is 0.214. The number of aromatic nitrogens is 2. The van der Waals surface area contributed by atoms with E-state index in [-0.39, 0.29) is 5.56 Å². The summed E-state index contributed by atoms with van der Waals surface area (Å²) >= 11 is 1.45.